The first-order valence-electron chi connectivity index (χ1n) is 8.32. The van der Waals surface area contributed by atoms with Gasteiger partial charge in [-0.05, 0) is 48.6 Å². The van der Waals surface area contributed by atoms with Gasteiger partial charge in [-0.25, -0.2) is 0 Å². The minimum absolute atomic E-state index is 0.0601. The third-order valence-electron chi connectivity index (χ3n) is 4.40. The minimum Gasteiger partial charge on any atom is -0.311 e. The molecule has 0 aromatic heterocycles. The lowest BCUT2D eigenvalue weighted by Gasteiger charge is -2.24. The van der Waals surface area contributed by atoms with Gasteiger partial charge in [0, 0.05) is 18.7 Å². The molecule has 0 aliphatic heterocycles. The average Bonchev–Trinajstić information content (AvgIpc) is 2.59. The van der Waals surface area contributed by atoms with Crippen molar-refractivity contribution in [2.75, 3.05) is 11.4 Å². The van der Waals surface area contributed by atoms with E-state index in [1.807, 2.05) is 55.5 Å². The quantitative estimate of drug-likeness (QED) is 0.771. The van der Waals surface area contributed by atoms with Gasteiger partial charge >= 0.3 is 0 Å². The number of anilines is 1. The molecular formula is C21H24N2O. The zero-order valence-corrected chi connectivity index (χ0v) is 14.6. The van der Waals surface area contributed by atoms with Crippen molar-refractivity contribution in [2.45, 2.75) is 39.5 Å². The summed E-state index contributed by atoms with van der Waals surface area (Å²) >= 11 is 0. The van der Waals surface area contributed by atoms with Gasteiger partial charge in [-0.1, -0.05) is 43.3 Å². The summed E-state index contributed by atoms with van der Waals surface area (Å²) in [5.74, 6) is 0.208. The van der Waals surface area contributed by atoms with Crippen molar-refractivity contribution in [3.63, 3.8) is 0 Å². The van der Waals surface area contributed by atoms with Crippen LogP contribution in [0, 0.1) is 25.2 Å². The number of hydrogen-bond acceptors (Lipinski definition) is 2. The molecule has 2 rings (SSSR count). The topological polar surface area (TPSA) is 44.1 Å². The Balaban J connectivity index is 2.19. The molecule has 0 saturated carbocycles. The van der Waals surface area contributed by atoms with Crippen molar-refractivity contribution in [1.29, 1.82) is 5.26 Å². The van der Waals surface area contributed by atoms with Gasteiger partial charge in [0.15, 0.2) is 0 Å². The monoisotopic (exact) mass is 320 g/mol. The Kier molecular flexibility index (Phi) is 6.14. The molecule has 1 atom stereocenters. The van der Waals surface area contributed by atoms with E-state index in [9.17, 15) is 4.79 Å². The molecule has 0 aliphatic carbocycles. The highest BCUT2D eigenvalue weighted by Gasteiger charge is 2.19. The van der Waals surface area contributed by atoms with E-state index in [0.717, 1.165) is 16.8 Å². The second-order valence-corrected chi connectivity index (χ2v) is 6.24. The van der Waals surface area contributed by atoms with Crippen molar-refractivity contribution in [3.05, 3.63) is 65.2 Å². The summed E-state index contributed by atoms with van der Waals surface area (Å²) in [6, 6.07) is 18.2. The molecule has 2 aromatic rings. The van der Waals surface area contributed by atoms with E-state index >= 15 is 0 Å². The normalized spacial score (nSPS) is 11.6. The average molecular weight is 320 g/mol. The van der Waals surface area contributed by atoms with Crippen LogP contribution in [0.2, 0.25) is 0 Å². The fourth-order valence-electron chi connectivity index (χ4n) is 2.72. The van der Waals surface area contributed by atoms with Crippen LogP contribution in [-0.4, -0.2) is 12.5 Å². The summed E-state index contributed by atoms with van der Waals surface area (Å²) in [4.78, 5) is 14.6. The number of aryl methyl sites for hydroxylation is 2. The second-order valence-electron chi connectivity index (χ2n) is 6.24. The van der Waals surface area contributed by atoms with Crippen LogP contribution in [0.3, 0.4) is 0 Å². The fraction of sp³-hybridized carbons (Fsp3) is 0.333. The summed E-state index contributed by atoms with van der Waals surface area (Å²) in [5.41, 5.74) is 4.38. The Hall–Kier alpha value is -2.60. The Morgan fingerprint density at radius 1 is 1.12 bits per heavy atom. The van der Waals surface area contributed by atoms with Crippen molar-refractivity contribution in [2.24, 2.45) is 0 Å². The Morgan fingerprint density at radius 3 is 2.46 bits per heavy atom. The standard InChI is InChI=1S/C21H24N2O/c1-16-10-11-20(14-17(16)2)23(13-7-12-22)21(24)15-18(3)19-8-5-4-6-9-19/h4-6,8-11,14,18H,7,13,15H2,1-3H3. The van der Waals surface area contributed by atoms with Gasteiger partial charge < -0.3 is 4.90 Å². The molecule has 0 heterocycles. The Labute approximate surface area is 144 Å². The summed E-state index contributed by atoms with van der Waals surface area (Å²) in [5, 5.41) is 8.91. The van der Waals surface area contributed by atoms with Crippen LogP contribution in [0.25, 0.3) is 0 Å². The number of nitriles is 1. The van der Waals surface area contributed by atoms with E-state index in [1.165, 1.54) is 5.56 Å². The number of carbonyl (C=O) groups is 1. The molecule has 1 unspecified atom stereocenters. The molecule has 3 nitrogen and oxygen atoms in total. The number of benzene rings is 2. The smallest absolute Gasteiger partial charge is 0.227 e. The zero-order valence-electron chi connectivity index (χ0n) is 14.6. The van der Waals surface area contributed by atoms with E-state index in [2.05, 4.69) is 19.9 Å². The lowest BCUT2D eigenvalue weighted by molar-refractivity contribution is -0.118. The van der Waals surface area contributed by atoms with Gasteiger partial charge in [-0.15, -0.1) is 0 Å². The van der Waals surface area contributed by atoms with E-state index in [-0.39, 0.29) is 11.8 Å². The maximum absolute atomic E-state index is 12.8. The molecule has 3 heteroatoms. The summed E-state index contributed by atoms with van der Waals surface area (Å²) in [6.45, 7) is 6.59. The van der Waals surface area contributed by atoms with E-state index in [0.29, 0.717) is 19.4 Å². The molecule has 0 N–H and O–H groups in total. The summed E-state index contributed by atoms with van der Waals surface area (Å²) in [7, 11) is 0. The first-order valence-corrected chi connectivity index (χ1v) is 8.32. The number of hydrogen-bond donors (Lipinski definition) is 0. The predicted octanol–water partition coefficient (Wildman–Crippen LogP) is 4.74. The summed E-state index contributed by atoms with van der Waals surface area (Å²) in [6.07, 6.45) is 0.765. The van der Waals surface area contributed by atoms with Gasteiger partial charge in [0.1, 0.15) is 0 Å². The van der Waals surface area contributed by atoms with Crippen molar-refractivity contribution in [1.82, 2.24) is 0 Å². The molecule has 0 spiro atoms. The molecule has 1 amide bonds. The van der Waals surface area contributed by atoms with Gasteiger partial charge in [0.25, 0.3) is 0 Å². The van der Waals surface area contributed by atoms with Gasteiger partial charge in [-0.2, -0.15) is 5.26 Å². The van der Waals surface area contributed by atoms with E-state index in [1.54, 1.807) is 4.90 Å². The van der Waals surface area contributed by atoms with E-state index in [4.69, 9.17) is 5.26 Å². The van der Waals surface area contributed by atoms with Crippen LogP contribution in [-0.2, 0) is 4.79 Å². The molecule has 124 valence electrons. The maximum Gasteiger partial charge on any atom is 0.227 e. The number of nitrogens with zero attached hydrogens (tertiary/aromatic N) is 2. The highest BCUT2D eigenvalue weighted by Crippen LogP contribution is 2.24. The van der Waals surface area contributed by atoms with Gasteiger partial charge in [0.2, 0.25) is 5.91 Å². The first-order chi connectivity index (χ1) is 11.5. The summed E-state index contributed by atoms with van der Waals surface area (Å²) < 4.78 is 0. The van der Waals surface area contributed by atoms with Crippen LogP contribution in [0.5, 0.6) is 0 Å². The van der Waals surface area contributed by atoms with Gasteiger partial charge in [0.05, 0.1) is 12.5 Å². The molecule has 2 aromatic carbocycles. The van der Waals surface area contributed by atoms with Crippen molar-refractivity contribution >= 4 is 11.6 Å². The molecule has 24 heavy (non-hydrogen) atoms. The fourth-order valence-corrected chi connectivity index (χ4v) is 2.72. The first kappa shape index (κ1) is 17.7. The molecule has 0 fully saturated rings. The van der Waals surface area contributed by atoms with Crippen molar-refractivity contribution < 1.29 is 4.79 Å². The van der Waals surface area contributed by atoms with Crippen LogP contribution >= 0.6 is 0 Å². The molecule has 0 radical (unpaired) electrons. The van der Waals surface area contributed by atoms with Crippen molar-refractivity contribution in [3.8, 4) is 6.07 Å². The Morgan fingerprint density at radius 2 is 1.83 bits per heavy atom. The SMILES string of the molecule is Cc1ccc(N(CCC#N)C(=O)CC(C)c2ccccc2)cc1C. The minimum atomic E-state index is 0.0601. The van der Waals surface area contributed by atoms with Crippen LogP contribution in [0.1, 0.15) is 42.4 Å². The van der Waals surface area contributed by atoms with Crippen LogP contribution < -0.4 is 4.90 Å². The number of carbonyl (C=O) groups excluding carboxylic acids is 1. The molecule has 0 aliphatic rings. The van der Waals surface area contributed by atoms with Crippen LogP contribution in [0.4, 0.5) is 5.69 Å². The van der Waals surface area contributed by atoms with Gasteiger partial charge in [-0.3, -0.25) is 4.79 Å². The second kappa shape index (κ2) is 8.31. The highest BCUT2D eigenvalue weighted by atomic mass is 16.2. The largest absolute Gasteiger partial charge is 0.311 e. The molecule has 0 bridgehead atoms. The third-order valence-corrected chi connectivity index (χ3v) is 4.40. The molecule has 0 saturated heterocycles. The zero-order chi connectivity index (χ0) is 17.5. The lowest BCUT2D eigenvalue weighted by Crippen LogP contribution is -2.32. The third kappa shape index (κ3) is 4.45. The molecular weight excluding hydrogens is 296 g/mol. The lowest BCUT2D eigenvalue weighted by atomic mass is 9.97. The highest BCUT2D eigenvalue weighted by molar-refractivity contribution is 5.94. The van der Waals surface area contributed by atoms with Crippen LogP contribution in [0.15, 0.2) is 48.5 Å². The predicted molar refractivity (Wildman–Crippen MR) is 98.0 cm³/mol. The Bertz CT molecular complexity index is 731. The van der Waals surface area contributed by atoms with E-state index < -0.39 is 0 Å². The number of rotatable bonds is 6. The number of amides is 1. The maximum atomic E-state index is 12.8.